The van der Waals surface area contributed by atoms with Crippen LogP contribution in [0.1, 0.15) is 54.1 Å². The highest BCUT2D eigenvalue weighted by Gasteiger charge is 2.29. The minimum Gasteiger partial charge on any atom is -0.478 e. The van der Waals surface area contributed by atoms with E-state index in [1.54, 1.807) is 31.2 Å². The molecule has 4 heteroatoms. The summed E-state index contributed by atoms with van der Waals surface area (Å²) in [7, 11) is 0. The number of carbonyl (C=O) groups excluding carboxylic acids is 1. The fraction of sp³-hybridized carbons (Fsp3) is 0.250. The van der Waals surface area contributed by atoms with E-state index in [1.165, 1.54) is 11.1 Å². The lowest BCUT2D eigenvalue weighted by molar-refractivity contribution is -0.132. The van der Waals surface area contributed by atoms with Crippen LogP contribution in [0.2, 0.25) is 0 Å². The highest BCUT2D eigenvalue weighted by molar-refractivity contribution is 5.98. The molecule has 2 aromatic rings. The molecule has 0 fully saturated rings. The molecule has 0 radical (unpaired) electrons. The van der Waals surface area contributed by atoms with Crippen LogP contribution in [0.5, 0.6) is 0 Å². The van der Waals surface area contributed by atoms with Gasteiger partial charge in [0.2, 0.25) is 0 Å². The van der Waals surface area contributed by atoms with Gasteiger partial charge in [0, 0.05) is 17.2 Å². The number of fused-ring (bicyclic) bond motifs is 1. The quantitative estimate of drug-likeness (QED) is 0.580. The zero-order chi connectivity index (χ0) is 20.1. The zero-order valence-electron chi connectivity index (χ0n) is 16.2. The molecule has 0 bridgehead atoms. The Hall–Kier alpha value is -3.14. The Balaban J connectivity index is 1.97. The fourth-order valence-corrected chi connectivity index (χ4v) is 3.99. The van der Waals surface area contributed by atoms with Crippen molar-refractivity contribution in [2.45, 2.75) is 39.0 Å². The van der Waals surface area contributed by atoms with Gasteiger partial charge in [-0.05, 0) is 61.9 Å². The third-order valence-electron chi connectivity index (χ3n) is 5.27. The second-order valence-electron chi connectivity index (χ2n) is 7.01. The molecule has 0 saturated heterocycles. The molecule has 0 saturated carbocycles. The van der Waals surface area contributed by atoms with Gasteiger partial charge in [0.05, 0.1) is 5.57 Å². The van der Waals surface area contributed by atoms with Gasteiger partial charge in [0.1, 0.15) is 0 Å². The Morgan fingerprint density at radius 3 is 2.43 bits per heavy atom. The van der Waals surface area contributed by atoms with Crippen molar-refractivity contribution in [3.63, 3.8) is 0 Å². The average molecular weight is 375 g/mol. The molecule has 2 aromatic carbocycles. The first-order valence-electron chi connectivity index (χ1n) is 9.58. The fourth-order valence-electron chi connectivity index (χ4n) is 3.99. The summed E-state index contributed by atoms with van der Waals surface area (Å²) < 4.78 is 0. The number of carboxylic acid groups (broad SMARTS) is 1. The molecule has 0 heterocycles. The minimum atomic E-state index is -1.03. The van der Waals surface area contributed by atoms with Crippen molar-refractivity contribution in [2.24, 2.45) is 0 Å². The van der Waals surface area contributed by atoms with E-state index in [1.807, 2.05) is 31.2 Å². The van der Waals surface area contributed by atoms with Crippen molar-refractivity contribution in [3.05, 3.63) is 94.2 Å². The van der Waals surface area contributed by atoms with E-state index < -0.39 is 5.97 Å². The number of hydrogen-bond donors (Lipinski definition) is 2. The SMILES string of the molecule is C/C=C(\C(C(=O)O)=C(/C)NC(=O)c1ccccc1)C1CCCc2ccccc21. The normalized spacial score (nSPS) is 17.4. The van der Waals surface area contributed by atoms with Crippen molar-refractivity contribution < 1.29 is 14.7 Å². The van der Waals surface area contributed by atoms with Gasteiger partial charge in [-0.15, -0.1) is 0 Å². The summed E-state index contributed by atoms with van der Waals surface area (Å²) in [5, 5.41) is 12.7. The summed E-state index contributed by atoms with van der Waals surface area (Å²) >= 11 is 0. The number of hydrogen-bond acceptors (Lipinski definition) is 2. The van der Waals surface area contributed by atoms with Crippen LogP contribution in [0.4, 0.5) is 0 Å². The van der Waals surface area contributed by atoms with Crippen LogP contribution < -0.4 is 5.32 Å². The van der Waals surface area contributed by atoms with Gasteiger partial charge in [-0.25, -0.2) is 4.79 Å². The first-order chi connectivity index (χ1) is 13.5. The predicted octanol–water partition coefficient (Wildman–Crippen LogP) is 4.84. The van der Waals surface area contributed by atoms with Gasteiger partial charge in [-0.3, -0.25) is 4.79 Å². The van der Waals surface area contributed by atoms with Crippen LogP contribution in [0.15, 0.2) is 77.5 Å². The van der Waals surface area contributed by atoms with Gasteiger partial charge in [-0.2, -0.15) is 0 Å². The first-order valence-corrected chi connectivity index (χ1v) is 9.58. The number of benzene rings is 2. The third kappa shape index (κ3) is 4.06. The molecule has 28 heavy (non-hydrogen) atoms. The minimum absolute atomic E-state index is 0.0182. The molecule has 1 aliphatic carbocycles. The van der Waals surface area contributed by atoms with E-state index in [0.717, 1.165) is 24.8 Å². The number of aryl methyl sites for hydroxylation is 1. The molecule has 0 aromatic heterocycles. The summed E-state index contributed by atoms with van der Waals surface area (Å²) in [6.45, 7) is 3.52. The first kappa shape index (κ1) is 19.6. The van der Waals surface area contributed by atoms with Crippen LogP contribution in [0.3, 0.4) is 0 Å². The largest absolute Gasteiger partial charge is 0.478 e. The van der Waals surface area contributed by atoms with Crippen LogP contribution >= 0.6 is 0 Å². The maximum absolute atomic E-state index is 12.5. The number of rotatable bonds is 5. The molecular formula is C24H25NO3. The van der Waals surface area contributed by atoms with E-state index in [4.69, 9.17) is 0 Å². The Morgan fingerprint density at radius 2 is 1.75 bits per heavy atom. The average Bonchev–Trinajstić information content (AvgIpc) is 2.71. The highest BCUT2D eigenvalue weighted by atomic mass is 16.4. The zero-order valence-corrected chi connectivity index (χ0v) is 16.2. The van der Waals surface area contributed by atoms with Crippen molar-refractivity contribution >= 4 is 11.9 Å². The van der Waals surface area contributed by atoms with Crippen molar-refractivity contribution in [3.8, 4) is 0 Å². The smallest absolute Gasteiger partial charge is 0.337 e. The molecule has 2 N–H and O–H groups in total. The topological polar surface area (TPSA) is 66.4 Å². The van der Waals surface area contributed by atoms with E-state index in [0.29, 0.717) is 11.3 Å². The Labute approximate surface area is 165 Å². The Morgan fingerprint density at radius 1 is 1.07 bits per heavy atom. The standard InChI is InChI=1S/C24H25NO3/c1-3-19(21-15-9-13-17-10-7-8-14-20(17)21)22(24(27)28)16(2)25-23(26)18-11-5-4-6-12-18/h3-8,10-12,14,21H,9,13,15H2,1-2H3,(H,25,26)(H,27,28)/b19-3-,22-16-. The number of amides is 1. The molecule has 3 rings (SSSR count). The summed E-state index contributed by atoms with van der Waals surface area (Å²) in [4.78, 5) is 24.7. The lowest BCUT2D eigenvalue weighted by Gasteiger charge is -2.29. The van der Waals surface area contributed by atoms with E-state index in [-0.39, 0.29) is 17.4 Å². The van der Waals surface area contributed by atoms with Gasteiger partial charge >= 0.3 is 5.97 Å². The number of carboxylic acids is 1. The maximum atomic E-state index is 12.5. The molecule has 4 nitrogen and oxygen atoms in total. The molecule has 1 amide bonds. The van der Waals surface area contributed by atoms with Crippen molar-refractivity contribution in [1.82, 2.24) is 5.32 Å². The third-order valence-corrected chi connectivity index (χ3v) is 5.27. The monoisotopic (exact) mass is 375 g/mol. The lowest BCUT2D eigenvalue weighted by Crippen LogP contribution is -2.26. The molecule has 0 aliphatic heterocycles. The summed E-state index contributed by atoms with van der Waals surface area (Å²) in [6.07, 6.45) is 4.79. The second-order valence-corrected chi connectivity index (χ2v) is 7.01. The van der Waals surface area contributed by atoms with Gasteiger partial charge in [-0.1, -0.05) is 48.5 Å². The summed E-state index contributed by atoms with van der Waals surface area (Å²) in [6, 6.07) is 17.0. The molecule has 144 valence electrons. The van der Waals surface area contributed by atoms with Crippen LogP contribution in [0.25, 0.3) is 0 Å². The van der Waals surface area contributed by atoms with Crippen molar-refractivity contribution in [1.29, 1.82) is 0 Å². The maximum Gasteiger partial charge on any atom is 0.337 e. The number of allylic oxidation sites excluding steroid dienone is 2. The number of carbonyl (C=O) groups is 2. The van der Waals surface area contributed by atoms with Gasteiger partial charge in [0.15, 0.2) is 0 Å². The Bertz CT molecular complexity index is 941. The second kappa shape index (κ2) is 8.70. The van der Waals surface area contributed by atoms with Crippen LogP contribution in [0, 0.1) is 0 Å². The molecule has 1 aliphatic rings. The van der Waals surface area contributed by atoms with E-state index in [9.17, 15) is 14.7 Å². The van der Waals surface area contributed by atoms with Crippen LogP contribution in [-0.4, -0.2) is 17.0 Å². The molecule has 1 atom stereocenters. The van der Waals surface area contributed by atoms with E-state index in [2.05, 4.69) is 17.4 Å². The van der Waals surface area contributed by atoms with Gasteiger partial charge < -0.3 is 10.4 Å². The molecule has 1 unspecified atom stereocenters. The molecular weight excluding hydrogens is 350 g/mol. The lowest BCUT2D eigenvalue weighted by atomic mass is 9.76. The van der Waals surface area contributed by atoms with E-state index >= 15 is 0 Å². The summed E-state index contributed by atoms with van der Waals surface area (Å²) in [5.41, 5.74) is 4.24. The predicted molar refractivity (Wildman–Crippen MR) is 110 cm³/mol. The molecule has 0 spiro atoms. The van der Waals surface area contributed by atoms with Gasteiger partial charge in [0.25, 0.3) is 5.91 Å². The summed E-state index contributed by atoms with van der Waals surface area (Å²) in [5.74, 6) is -1.32. The highest BCUT2D eigenvalue weighted by Crippen LogP contribution is 2.40. The number of nitrogens with one attached hydrogen (secondary N) is 1. The number of aliphatic carboxylic acids is 1. The van der Waals surface area contributed by atoms with Crippen LogP contribution in [-0.2, 0) is 11.2 Å². The van der Waals surface area contributed by atoms with Crippen molar-refractivity contribution in [2.75, 3.05) is 0 Å². The Kier molecular flexibility index (Phi) is 6.09.